The fraction of sp³-hybridized carbons (Fsp3) is 0.750. The molecule has 0 aromatic heterocycles. The van der Waals surface area contributed by atoms with E-state index in [1.807, 2.05) is 6.08 Å². The van der Waals surface area contributed by atoms with E-state index in [9.17, 15) is 30.0 Å². The van der Waals surface area contributed by atoms with Gasteiger partial charge in [0.2, 0.25) is 0 Å². The molecule has 0 fully saturated rings. The minimum atomic E-state index is -1.09. The lowest BCUT2D eigenvalue weighted by atomic mass is 9.99. The van der Waals surface area contributed by atoms with Crippen molar-refractivity contribution in [3.63, 3.8) is 0 Å². The molecule has 8 heteroatoms. The highest BCUT2D eigenvalue weighted by atomic mass is 16.6. The van der Waals surface area contributed by atoms with Crippen LogP contribution < -0.4 is 0 Å². The van der Waals surface area contributed by atoms with Crippen molar-refractivity contribution in [2.75, 3.05) is 13.2 Å². The Morgan fingerprint density at radius 2 is 1.17 bits per heavy atom. The first kappa shape index (κ1) is 45.7. The molecule has 0 saturated carbocycles. The van der Waals surface area contributed by atoms with E-state index in [0.717, 1.165) is 50.9 Å². The maximum atomic E-state index is 12.2. The van der Waals surface area contributed by atoms with Gasteiger partial charge in [0, 0.05) is 12.8 Å². The van der Waals surface area contributed by atoms with E-state index in [-0.39, 0.29) is 31.8 Å². The molecule has 0 rings (SSSR count). The fourth-order valence-corrected chi connectivity index (χ4v) is 5.09. The second kappa shape index (κ2) is 33.2. The number of aliphatic hydroxyl groups excluding tert-OH is 4. The van der Waals surface area contributed by atoms with E-state index in [4.69, 9.17) is 9.47 Å². The molecule has 0 aliphatic heterocycles. The molecule has 1 unspecified atom stereocenters. The van der Waals surface area contributed by atoms with Crippen LogP contribution in [0.4, 0.5) is 0 Å². The van der Waals surface area contributed by atoms with Gasteiger partial charge >= 0.3 is 11.9 Å². The first-order valence-electron chi connectivity index (χ1n) is 18.9. The lowest BCUT2D eigenvalue weighted by molar-refractivity contribution is -0.161. The van der Waals surface area contributed by atoms with Crippen LogP contribution in [0.5, 0.6) is 0 Å². The SMILES string of the molecule is CCCCC[C@H](O)/C=C/C=C\C=C\C=C\[C@H](O)[C@@H](O)CCCC(=O)O[C@@H](CO)COC(=O)CCCCCCCCCCCCC(C)CC. The van der Waals surface area contributed by atoms with Crippen LogP contribution in [0.2, 0.25) is 0 Å². The molecule has 0 aromatic carbocycles. The topological polar surface area (TPSA) is 134 Å². The monoisotopic (exact) mass is 679 g/mol. The molecular weight excluding hydrogens is 608 g/mol. The number of esters is 2. The van der Waals surface area contributed by atoms with E-state index in [0.29, 0.717) is 6.42 Å². The van der Waals surface area contributed by atoms with Crippen LogP contribution in [0.1, 0.15) is 149 Å². The number of aliphatic hydroxyl groups is 4. The van der Waals surface area contributed by atoms with Crippen molar-refractivity contribution in [3.05, 3.63) is 48.6 Å². The minimum Gasteiger partial charge on any atom is -0.462 e. The quantitative estimate of drug-likeness (QED) is 0.0318. The molecule has 0 bridgehead atoms. The summed E-state index contributed by atoms with van der Waals surface area (Å²) in [6, 6.07) is 0. The van der Waals surface area contributed by atoms with Crippen LogP contribution in [0.15, 0.2) is 48.6 Å². The Balaban J connectivity index is 3.95. The highest BCUT2D eigenvalue weighted by Crippen LogP contribution is 2.16. The number of rotatable bonds is 32. The van der Waals surface area contributed by atoms with Crippen molar-refractivity contribution in [2.24, 2.45) is 5.92 Å². The fourth-order valence-electron chi connectivity index (χ4n) is 5.09. The average Bonchev–Trinajstić information content (AvgIpc) is 3.07. The van der Waals surface area contributed by atoms with Gasteiger partial charge in [0.1, 0.15) is 6.61 Å². The van der Waals surface area contributed by atoms with Crippen molar-refractivity contribution in [2.45, 2.75) is 174 Å². The molecule has 0 aliphatic carbocycles. The molecule has 4 N–H and O–H groups in total. The first-order valence-corrected chi connectivity index (χ1v) is 18.9. The minimum absolute atomic E-state index is 0.00168. The van der Waals surface area contributed by atoms with Crippen LogP contribution in [-0.4, -0.2) is 70.0 Å². The van der Waals surface area contributed by atoms with Crippen LogP contribution in [-0.2, 0) is 19.1 Å². The second-order valence-corrected chi connectivity index (χ2v) is 13.1. The number of hydrogen-bond donors (Lipinski definition) is 4. The molecule has 0 saturated heterocycles. The molecule has 8 nitrogen and oxygen atoms in total. The summed E-state index contributed by atoms with van der Waals surface area (Å²) in [5.74, 6) is -0.0678. The third kappa shape index (κ3) is 29.8. The number of hydrogen-bond acceptors (Lipinski definition) is 8. The number of ether oxygens (including phenoxy) is 2. The average molecular weight is 679 g/mol. The molecule has 0 aliphatic rings. The number of carbonyl (C=O) groups excluding carboxylic acids is 2. The summed E-state index contributed by atoms with van der Waals surface area (Å²) in [5.41, 5.74) is 0. The van der Waals surface area contributed by atoms with Crippen LogP contribution in [0, 0.1) is 5.92 Å². The number of allylic oxidation sites excluding steroid dienone is 6. The normalized spacial score (nSPS) is 15.4. The van der Waals surface area contributed by atoms with Gasteiger partial charge in [-0.15, -0.1) is 0 Å². The standard InChI is InChI=1S/C40H70O8/c1-4-6-19-26-35(42)27-21-16-13-14-17-22-28-37(43)38(44)29-24-31-40(46)48-36(32-41)33-47-39(45)30-23-18-12-10-8-7-9-11-15-20-25-34(3)5-2/h13-14,16-17,21-22,27-28,34-38,41-44H,4-12,15,18-20,23-26,29-33H2,1-3H3/b16-13-,17-14+,27-21+,28-22+/t34?,35-,36-,37-,38-/m0/s1. The largest absolute Gasteiger partial charge is 0.462 e. The summed E-state index contributed by atoms with van der Waals surface area (Å²) in [6.07, 6.45) is 29.6. The van der Waals surface area contributed by atoms with Crippen molar-refractivity contribution in [1.29, 1.82) is 0 Å². The lowest BCUT2D eigenvalue weighted by Crippen LogP contribution is -2.29. The van der Waals surface area contributed by atoms with Gasteiger partial charge < -0.3 is 29.9 Å². The zero-order chi connectivity index (χ0) is 35.7. The summed E-state index contributed by atoms with van der Waals surface area (Å²) in [5, 5.41) is 39.7. The van der Waals surface area contributed by atoms with E-state index in [2.05, 4.69) is 20.8 Å². The summed E-state index contributed by atoms with van der Waals surface area (Å²) in [6.45, 7) is 6.08. The van der Waals surface area contributed by atoms with Gasteiger partial charge in [0.05, 0.1) is 24.9 Å². The van der Waals surface area contributed by atoms with Crippen molar-refractivity contribution in [1.82, 2.24) is 0 Å². The van der Waals surface area contributed by atoms with Crippen LogP contribution in [0.25, 0.3) is 0 Å². The van der Waals surface area contributed by atoms with Gasteiger partial charge in [-0.2, -0.15) is 0 Å². The lowest BCUT2D eigenvalue weighted by Gasteiger charge is -2.17. The zero-order valence-corrected chi connectivity index (χ0v) is 30.5. The zero-order valence-electron chi connectivity index (χ0n) is 30.5. The van der Waals surface area contributed by atoms with E-state index >= 15 is 0 Å². The molecule has 0 amide bonds. The van der Waals surface area contributed by atoms with Crippen LogP contribution in [0.3, 0.4) is 0 Å². The summed E-state index contributed by atoms with van der Waals surface area (Å²) >= 11 is 0. The van der Waals surface area contributed by atoms with Gasteiger partial charge in [0.15, 0.2) is 6.10 Å². The number of unbranched alkanes of at least 4 members (excludes halogenated alkanes) is 11. The Kier molecular flexibility index (Phi) is 31.7. The molecule has 0 aromatic rings. The predicted octanol–water partition coefficient (Wildman–Crippen LogP) is 8.22. The van der Waals surface area contributed by atoms with Crippen LogP contribution >= 0.6 is 0 Å². The molecule has 0 spiro atoms. The smallest absolute Gasteiger partial charge is 0.306 e. The van der Waals surface area contributed by atoms with E-state index in [1.54, 1.807) is 36.5 Å². The van der Waals surface area contributed by atoms with Crippen molar-refractivity contribution >= 4 is 11.9 Å². The number of carbonyl (C=O) groups is 2. The maximum Gasteiger partial charge on any atom is 0.306 e. The van der Waals surface area contributed by atoms with Crippen molar-refractivity contribution < 1.29 is 39.5 Å². The maximum absolute atomic E-state index is 12.2. The van der Waals surface area contributed by atoms with Gasteiger partial charge in [-0.3, -0.25) is 9.59 Å². The Morgan fingerprint density at radius 1 is 0.625 bits per heavy atom. The third-order valence-electron chi connectivity index (χ3n) is 8.53. The van der Waals surface area contributed by atoms with E-state index < -0.39 is 37.0 Å². The molecule has 0 radical (unpaired) electrons. The third-order valence-corrected chi connectivity index (χ3v) is 8.53. The Labute approximate surface area is 292 Å². The highest BCUT2D eigenvalue weighted by Gasteiger charge is 2.18. The Morgan fingerprint density at radius 3 is 1.77 bits per heavy atom. The summed E-state index contributed by atoms with van der Waals surface area (Å²) in [7, 11) is 0. The molecule has 5 atom stereocenters. The highest BCUT2D eigenvalue weighted by molar-refractivity contribution is 5.70. The summed E-state index contributed by atoms with van der Waals surface area (Å²) in [4.78, 5) is 24.3. The second-order valence-electron chi connectivity index (χ2n) is 13.1. The Hall–Kier alpha value is -2.26. The molecular formula is C40H70O8. The predicted molar refractivity (Wildman–Crippen MR) is 195 cm³/mol. The first-order chi connectivity index (χ1) is 23.2. The van der Waals surface area contributed by atoms with Gasteiger partial charge in [-0.25, -0.2) is 0 Å². The van der Waals surface area contributed by atoms with Crippen molar-refractivity contribution in [3.8, 4) is 0 Å². The Bertz CT molecular complexity index is 880. The van der Waals surface area contributed by atoms with E-state index in [1.165, 1.54) is 63.9 Å². The van der Waals surface area contributed by atoms with Gasteiger partial charge in [-0.05, 0) is 31.6 Å². The van der Waals surface area contributed by atoms with Gasteiger partial charge in [-0.1, -0.05) is 159 Å². The summed E-state index contributed by atoms with van der Waals surface area (Å²) < 4.78 is 10.4. The van der Waals surface area contributed by atoms with Gasteiger partial charge in [0.25, 0.3) is 0 Å². The molecule has 0 heterocycles. The molecule has 278 valence electrons. The molecule has 48 heavy (non-hydrogen) atoms.